The Morgan fingerprint density at radius 3 is 1.15 bits per heavy atom. The number of imidazole rings is 1. The highest BCUT2D eigenvalue weighted by Crippen LogP contribution is 2.30. The molecule has 15 amide bonds. The first-order valence-electron chi connectivity index (χ1n) is 42.7. The number of phenolic OH excluding ortho intramolecular Hbond substituents is 2. The van der Waals surface area contributed by atoms with Gasteiger partial charge in [-0.2, -0.15) is 0 Å². The minimum Gasteiger partial charge on any atom is -0.508 e. The molecule has 1 aliphatic carbocycles. The van der Waals surface area contributed by atoms with Gasteiger partial charge in [-0.3, -0.25) is 88.1 Å². The van der Waals surface area contributed by atoms with Gasteiger partial charge >= 0.3 is 0 Å². The fourth-order valence-corrected chi connectivity index (χ4v) is 14.1. The van der Waals surface area contributed by atoms with Gasteiger partial charge in [0, 0.05) is 64.1 Å². The van der Waals surface area contributed by atoms with Crippen molar-refractivity contribution in [3.63, 3.8) is 0 Å². The van der Waals surface area contributed by atoms with Crippen LogP contribution in [0.15, 0.2) is 61.1 Å². The summed E-state index contributed by atoms with van der Waals surface area (Å²) in [5.74, 6) is -16.3. The molecule has 0 spiro atoms. The van der Waals surface area contributed by atoms with Crippen LogP contribution in [-0.4, -0.2) is 236 Å². The summed E-state index contributed by atoms with van der Waals surface area (Å²) >= 11 is 0. The molecule has 0 aliphatic heterocycles. The van der Waals surface area contributed by atoms with Crippen LogP contribution in [-0.2, 0) is 91.2 Å². The Hall–Kier alpha value is -12.9. The predicted octanol–water partition coefficient (Wildman–Crippen LogP) is -3.78. The third-order valence-electron chi connectivity index (χ3n) is 20.7. The zero-order chi connectivity index (χ0) is 94.9. The largest absolute Gasteiger partial charge is 0.508 e. The average Bonchev–Trinajstić information content (AvgIpc) is 0.829. The molecule has 1 heterocycles. The molecule has 0 unspecified atom stereocenters. The van der Waals surface area contributed by atoms with E-state index in [1.807, 2.05) is 13.8 Å². The van der Waals surface area contributed by atoms with Crippen molar-refractivity contribution in [2.45, 2.75) is 275 Å². The Kier molecular flexibility index (Phi) is 44.7. The smallest absolute Gasteiger partial charge is 0.246 e. The maximum Gasteiger partial charge on any atom is 0.246 e. The summed E-state index contributed by atoms with van der Waals surface area (Å²) in [6, 6.07) is -6.41. The number of aromatic nitrogens is 2. The lowest BCUT2D eigenvalue weighted by Crippen LogP contribution is -2.66. The molecule has 0 radical (unpaired) electrons. The van der Waals surface area contributed by atoms with Crippen LogP contribution in [0, 0.1) is 39.9 Å². The monoisotopic (exact) mass is 1780 g/mol. The number of primary amides is 2. The van der Waals surface area contributed by atoms with E-state index in [2.05, 4.69) is 95.0 Å². The lowest BCUT2D eigenvalue weighted by molar-refractivity contribution is -0.140. The lowest BCUT2D eigenvalue weighted by atomic mass is 9.80. The number of benzene rings is 2. The van der Waals surface area contributed by atoms with E-state index in [4.69, 9.17) is 44.9 Å². The van der Waals surface area contributed by atoms with E-state index in [1.54, 1.807) is 41.5 Å². The molecule has 0 saturated heterocycles. The van der Waals surface area contributed by atoms with E-state index >= 15 is 14.4 Å². The number of hydrogen-bond donors (Lipinski definition) is 28. The molecule has 1 aliphatic rings. The molecule has 3 aromatic rings. The normalized spacial score (nSPS) is 15.4. The van der Waals surface area contributed by atoms with Gasteiger partial charge in [-0.1, -0.05) is 98.9 Å². The molecule has 127 heavy (non-hydrogen) atoms. The van der Waals surface area contributed by atoms with Crippen molar-refractivity contribution >= 4 is 106 Å². The van der Waals surface area contributed by atoms with Crippen molar-refractivity contribution in [2.24, 2.45) is 52.3 Å². The van der Waals surface area contributed by atoms with Crippen LogP contribution in [0.25, 0.3) is 0 Å². The van der Waals surface area contributed by atoms with E-state index < -0.39 is 203 Å². The van der Waals surface area contributed by atoms with E-state index in [-0.39, 0.29) is 145 Å². The second kappa shape index (κ2) is 53.4. The van der Waals surface area contributed by atoms with Gasteiger partial charge in [0.1, 0.15) is 89.5 Å². The number of aromatic hydroxyl groups is 2. The number of aromatic amines is 1. The number of H-pyrrole nitrogens is 1. The Morgan fingerprint density at radius 2 is 0.764 bits per heavy atom. The minimum atomic E-state index is -1.90. The maximum atomic E-state index is 15.3. The van der Waals surface area contributed by atoms with E-state index in [9.17, 15) is 72.9 Å². The number of guanidine groups is 3. The van der Waals surface area contributed by atoms with Gasteiger partial charge in [0.05, 0.1) is 12.4 Å². The Labute approximate surface area is 738 Å². The second-order valence-corrected chi connectivity index (χ2v) is 33.6. The number of nitrogens with zero attached hydrogens (tertiary/aromatic N) is 1. The lowest BCUT2D eigenvalue weighted by Gasteiger charge is -2.39. The molecule has 1 fully saturated rings. The SMILES string of the molecule is CC(=O)N[C@@H](CC(C)C)C(=O)N[C@@H](CCCNC(=N)N)C(=O)N[C@@H](Cc1cnc[nH]1)C(=O)N[C@@H](Cc1ccc(O)cc1)C(=O)N[C@@H](CC(C)C)C(=O)NC1(C(=O)N[C@@H](CC(C)C)C(=O)N[C@H](C(=O)N[C@H](C(=O)N[C@@H](CCCNC(=N)N)C(=O)N[C@@H](CCC(N)=O)C(=O)N[C@@H](CCCNC(=N)N)C(=O)N[C@@H](Cc2ccc(O)cc2)C(N)=O)[C@@H](C)O)C(C)C)CCCCC1. The Balaban J connectivity index is 1.65. The first kappa shape index (κ1) is 106. The maximum absolute atomic E-state index is 15.3. The van der Waals surface area contributed by atoms with Crippen LogP contribution in [0.3, 0.4) is 0 Å². The number of aliphatic hydroxyl groups is 1. The van der Waals surface area contributed by atoms with E-state index in [0.717, 1.165) is 6.92 Å². The number of phenols is 2. The molecule has 2 aromatic carbocycles. The molecule has 1 saturated carbocycles. The van der Waals surface area contributed by atoms with Gasteiger partial charge in [0.15, 0.2) is 17.9 Å². The van der Waals surface area contributed by atoms with Crippen molar-refractivity contribution in [3.8, 4) is 11.5 Å². The molecule has 4 rings (SSSR count). The topological polar surface area (TPSA) is 740 Å². The van der Waals surface area contributed by atoms with E-state index in [0.29, 0.717) is 36.1 Å². The van der Waals surface area contributed by atoms with Crippen LogP contribution >= 0.6 is 0 Å². The summed E-state index contributed by atoms with van der Waals surface area (Å²) in [5.41, 5.74) is 27.3. The molecular formula is C83H134N26O18. The highest BCUT2D eigenvalue weighted by atomic mass is 16.3. The molecule has 44 nitrogen and oxygen atoms in total. The molecule has 44 heteroatoms. The number of rotatable bonds is 55. The predicted molar refractivity (Wildman–Crippen MR) is 469 cm³/mol. The number of carbonyl (C=O) groups is 15. The molecule has 1 aromatic heterocycles. The van der Waals surface area contributed by atoms with Gasteiger partial charge in [-0.25, -0.2) is 4.98 Å². The van der Waals surface area contributed by atoms with Crippen LogP contribution in [0.1, 0.15) is 189 Å². The number of hydrogen-bond acceptors (Lipinski definition) is 22. The number of aliphatic hydroxyl groups excluding tert-OH is 1. The fraction of sp³-hybridized carbons (Fsp3) is 0.602. The molecular weight excluding hydrogens is 1650 g/mol. The molecule has 704 valence electrons. The molecule has 13 atom stereocenters. The van der Waals surface area contributed by atoms with E-state index in [1.165, 1.54) is 68.0 Å². The third kappa shape index (κ3) is 39.0. The van der Waals surface area contributed by atoms with Crippen LogP contribution in [0.4, 0.5) is 0 Å². The Bertz CT molecular complexity index is 4200. The molecule has 0 bridgehead atoms. The van der Waals surface area contributed by atoms with Gasteiger partial charge in [0.2, 0.25) is 88.6 Å². The van der Waals surface area contributed by atoms with Crippen molar-refractivity contribution in [2.75, 3.05) is 19.6 Å². The standard InChI is InChI=1S/C83H134N26O18/c1-43(2)35-59(97-48(10)111)72(120)99-55(18-15-33-94-81(88)89)70(118)105-63(40-51-41-92-42-96-51)74(122)104-62(39-50-22-26-53(113)27-23-50)73(121)103-61(37-45(5)6)76(124)109-83(30-12-11-13-31-83)79(127)106-60(36-44(3)4)75(123)107-65(46(7)8)77(125)108-66(47(9)110)78(126)101-56(19-16-34-95-82(90)91)68(116)100-57(28-29-64(84)114)71(119)98-54(17-14-32-93-80(86)87)69(117)102-58(67(85)115)38-49-20-24-52(112)25-21-49/h20-27,41-47,54-63,65-66,110,112-113H,11-19,28-40H2,1-10H3,(H2,84,114)(H2,85,115)(H,92,96)(H,97,111)(H,98,119)(H,99,120)(H,100,116)(H,101,126)(H,102,117)(H,103,121)(H,104,122)(H,105,118)(H,106,127)(H,107,123)(H,108,125)(H,109,124)(H4,86,87,93)(H4,88,89,94)(H4,90,91,95)/t47-,54+,55+,56+,57+,58+,59+,60+,61+,62+,63+,65+,66+/m1/s1. The van der Waals surface area contributed by atoms with Gasteiger partial charge in [-0.15, -0.1) is 0 Å². The van der Waals surface area contributed by atoms with Crippen LogP contribution in [0.2, 0.25) is 0 Å². The third-order valence-corrected chi connectivity index (χ3v) is 20.7. The van der Waals surface area contributed by atoms with Crippen molar-refractivity contribution in [1.82, 2.24) is 95.0 Å². The first-order valence-corrected chi connectivity index (χ1v) is 42.7. The summed E-state index contributed by atoms with van der Waals surface area (Å²) in [4.78, 5) is 220. The summed E-state index contributed by atoms with van der Waals surface area (Å²) in [7, 11) is 0. The van der Waals surface area contributed by atoms with Crippen LogP contribution in [0.5, 0.6) is 11.5 Å². The Morgan fingerprint density at radius 1 is 0.417 bits per heavy atom. The number of carbonyl (C=O) groups excluding carboxylic acids is 15. The van der Waals surface area contributed by atoms with Crippen molar-refractivity contribution in [1.29, 1.82) is 16.2 Å². The quantitative estimate of drug-likeness (QED) is 0.0146. The highest BCUT2D eigenvalue weighted by molar-refractivity contribution is 6.01. The minimum absolute atomic E-state index is 0.0119. The average molecular weight is 1780 g/mol. The summed E-state index contributed by atoms with van der Waals surface area (Å²) in [5, 5.41) is 96.6. The fourth-order valence-electron chi connectivity index (χ4n) is 14.1. The zero-order valence-corrected chi connectivity index (χ0v) is 73.9. The number of nitrogens with one attached hydrogen (secondary N) is 20. The second-order valence-electron chi connectivity index (χ2n) is 33.6. The summed E-state index contributed by atoms with van der Waals surface area (Å²) in [6.07, 6.45) is 0.826. The van der Waals surface area contributed by atoms with Gasteiger partial charge < -0.3 is 134 Å². The number of amides is 15. The van der Waals surface area contributed by atoms with Gasteiger partial charge in [0.25, 0.3) is 0 Å². The first-order chi connectivity index (χ1) is 59.8. The summed E-state index contributed by atoms with van der Waals surface area (Å²) in [6.45, 7) is 16.4. The molecule has 33 N–H and O–H groups in total. The van der Waals surface area contributed by atoms with Crippen molar-refractivity contribution in [3.05, 3.63) is 77.9 Å². The van der Waals surface area contributed by atoms with Gasteiger partial charge in [-0.05, 0) is 143 Å². The van der Waals surface area contributed by atoms with Crippen LogP contribution < -0.4 is 114 Å². The summed E-state index contributed by atoms with van der Waals surface area (Å²) < 4.78 is 0. The van der Waals surface area contributed by atoms with Crippen molar-refractivity contribution < 1.29 is 87.2 Å². The zero-order valence-electron chi connectivity index (χ0n) is 73.9. The highest BCUT2D eigenvalue weighted by Gasteiger charge is 2.46. The number of nitrogens with two attached hydrogens (primary N) is 5.